The van der Waals surface area contributed by atoms with Gasteiger partial charge in [-0.25, -0.2) is 4.79 Å². The molecule has 1 saturated carbocycles. The first-order chi connectivity index (χ1) is 6.67. The molecular formula is C11H18O3. The van der Waals surface area contributed by atoms with Crippen LogP contribution in [0.3, 0.4) is 0 Å². The van der Waals surface area contributed by atoms with Crippen LogP contribution < -0.4 is 0 Å². The molecule has 1 fully saturated rings. The van der Waals surface area contributed by atoms with Crippen LogP contribution in [0.15, 0.2) is 12.7 Å². The first-order valence-electron chi connectivity index (χ1n) is 5.04. The van der Waals surface area contributed by atoms with E-state index in [2.05, 4.69) is 18.2 Å². The highest BCUT2D eigenvalue weighted by atomic mass is 16.7. The summed E-state index contributed by atoms with van der Waals surface area (Å²) in [4.78, 5) is 11.0. The Hall–Kier alpha value is -0.990. The van der Waals surface area contributed by atoms with Crippen LogP contribution in [0.5, 0.6) is 0 Å². The van der Waals surface area contributed by atoms with Gasteiger partial charge in [-0.1, -0.05) is 13.0 Å². The molecule has 0 amide bonds. The molecule has 3 nitrogen and oxygen atoms in total. The molecule has 0 saturated heterocycles. The normalized spacial score (nSPS) is 32.0. The molecule has 0 aliphatic heterocycles. The van der Waals surface area contributed by atoms with Crippen molar-refractivity contribution in [2.24, 2.45) is 11.8 Å². The summed E-state index contributed by atoms with van der Waals surface area (Å²) in [7, 11) is 1.33. The monoisotopic (exact) mass is 198 g/mol. The van der Waals surface area contributed by atoms with Crippen molar-refractivity contribution < 1.29 is 14.3 Å². The summed E-state index contributed by atoms with van der Waals surface area (Å²) in [6.07, 6.45) is 4.45. The van der Waals surface area contributed by atoms with E-state index in [1.807, 2.05) is 6.08 Å². The number of methoxy groups -OCH3 is 1. The maximum atomic E-state index is 11.0. The molecule has 1 aliphatic rings. The van der Waals surface area contributed by atoms with Crippen molar-refractivity contribution in [3.63, 3.8) is 0 Å². The number of carbonyl (C=O) groups is 1. The fourth-order valence-corrected chi connectivity index (χ4v) is 1.86. The van der Waals surface area contributed by atoms with Crippen molar-refractivity contribution in [1.29, 1.82) is 0 Å². The number of hydrogen-bond acceptors (Lipinski definition) is 3. The van der Waals surface area contributed by atoms with Crippen LogP contribution in [0.2, 0.25) is 0 Å². The average Bonchev–Trinajstić information content (AvgIpc) is 2.21. The van der Waals surface area contributed by atoms with Crippen molar-refractivity contribution in [3.8, 4) is 0 Å². The van der Waals surface area contributed by atoms with Gasteiger partial charge in [0.15, 0.2) is 0 Å². The zero-order chi connectivity index (χ0) is 10.6. The average molecular weight is 198 g/mol. The van der Waals surface area contributed by atoms with Crippen molar-refractivity contribution in [3.05, 3.63) is 12.7 Å². The summed E-state index contributed by atoms with van der Waals surface area (Å²) in [5.41, 5.74) is 0. The van der Waals surface area contributed by atoms with E-state index < -0.39 is 6.16 Å². The highest BCUT2D eigenvalue weighted by Gasteiger charge is 2.29. The molecule has 80 valence electrons. The lowest BCUT2D eigenvalue weighted by Gasteiger charge is -2.31. The number of carbonyl (C=O) groups excluding carboxylic acids is 1. The lowest BCUT2D eigenvalue weighted by molar-refractivity contribution is -0.00584. The highest BCUT2D eigenvalue weighted by Crippen LogP contribution is 2.31. The second-order valence-electron chi connectivity index (χ2n) is 3.90. The lowest BCUT2D eigenvalue weighted by Crippen LogP contribution is -2.31. The third-order valence-corrected chi connectivity index (χ3v) is 2.91. The molecule has 1 rings (SSSR count). The molecule has 3 unspecified atom stereocenters. The summed E-state index contributed by atoms with van der Waals surface area (Å²) in [6, 6.07) is 0. The van der Waals surface area contributed by atoms with Crippen LogP contribution in [-0.2, 0) is 9.47 Å². The van der Waals surface area contributed by atoms with Gasteiger partial charge in [0.05, 0.1) is 7.11 Å². The molecule has 0 bridgehead atoms. The van der Waals surface area contributed by atoms with E-state index in [0.717, 1.165) is 19.3 Å². The summed E-state index contributed by atoms with van der Waals surface area (Å²) < 4.78 is 9.66. The fraction of sp³-hybridized carbons (Fsp3) is 0.727. The van der Waals surface area contributed by atoms with Crippen molar-refractivity contribution >= 4 is 6.16 Å². The Morgan fingerprint density at radius 3 is 2.79 bits per heavy atom. The second kappa shape index (κ2) is 5.03. The van der Waals surface area contributed by atoms with Gasteiger partial charge >= 0.3 is 6.16 Å². The van der Waals surface area contributed by atoms with Crippen LogP contribution in [0.4, 0.5) is 4.79 Å². The van der Waals surface area contributed by atoms with Crippen LogP contribution >= 0.6 is 0 Å². The summed E-state index contributed by atoms with van der Waals surface area (Å²) >= 11 is 0. The summed E-state index contributed by atoms with van der Waals surface area (Å²) in [5.74, 6) is 0.895. The van der Waals surface area contributed by atoms with Crippen molar-refractivity contribution in [1.82, 2.24) is 0 Å². The first-order valence-corrected chi connectivity index (χ1v) is 5.04. The minimum absolute atomic E-state index is 0.0146. The SMILES string of the molecule is C=CC1CCC(C)C(OC(=O)OC)C1. The van der Waals surface area contributed by atoms with Gasteiger partial charge in [-0.3, -0.25) is 0 Å². The zero-order valence-corrected chi connectivity index (χ0v) is 8.86. The molecule has 0 aromatic rings. The molecule has 0 aromatic carbocycles. The predicted octanol–water partition coefficient (Wildman–Crippen LogP) is 2.76. The quantitative estimate of drug-likeness (QED) is 0.505. The lowest BCUT2D eigenvalue weighted by atomic mass is 9.81. The number of hydrogen-bond donors (Lipinski definition) is 0. The largest absolute Gasteiger partial charge is 0.508 e. The third-order valence-electron chi connectivity index (χ3n) is 2.91. The van der Waals surface area contributed by atoms with E-state index in [-0.39, 0.29) is 6.10 Å². The van der Waals surface area contributed by atoms with E-state index in [1.54, 1.807) is 0 Å². The summed E-state index contributed by atoms with van der Waals surface area (Å²) in [6.45, 7) is 5.88. The van der Waals surface area contributed by atoms with Gasteiger partial charge in [0.1, 0.15) is 6.10 Å². The van der Waals surface area contributed by atoms with Crippen molar-refractivity contribution in [2.75, 3.05) is 7.11 Å². The number of ether oxygens (including phenoxy) is 2. The second-order valence-corrected chi connectivity index (χ2v) is 3.90. The molecule has 3 atom stereocenters. The van der Waals surface area contributed by atoms with E-state index in [1.165, 1.54) is 7.11 Å². The topological polar surface area (TPSA) is 35.5 Å². The Kier molecular flexibility index (Phi) is 3.98. The van der Waals surface area contributed by atoms with Crippen molar-refractivity contribution in [2.45, 2.75) is 32.3 Å². The van der Waals surface area contributed by atoms with Crippen LogP contribution in [-0.4, -0.2) is 19.4 Å². The smallest absolute Gasteiger partial charge is 0.438 e. The van der Waals surface area contributed by atoms with E-state index in [4.69, 9.17) is 4.74 Å². The maximum Gasteiger partial charge on any atom is 0.508 e. The third kappa shape index (κ3) is 2.76. The number of rotatable bonds is 2. The molecule has 0 radical (unpaired) electrons. The van der Waals surface area contributed by atoms with Gasteiger partial charge in [-0.05, 0) is 31.1 Å². The summed E-state index contributed by atoms with van der Waals surface area (Å²) in [5, 5.41) is 0. The van der Waals surface area contributed by atoms with Crippen LogP contribution in [0.25, 0.3) is 0 Å². The molecule has 0 spiro atoms. The van der Waals surface area contributed by atoms with Gasteiger partial charge in [0.25, 0.3) is 0 Å². The van der Waals surface area contributed by atoms with Gasteiger partial charge in [-0.15, -0.1) is 6.58 Å². The molecular weight excluding hydrogens is 180 g/mol. The fourth-order valence-electron chi connectivity index (χ4n) is 1.86. The first kappa shape index (κ1) is 11.1. The minimum Gasteiger partial charge on any atom is -0.438 e. The zero-order valence-electron chi connectivity index (χ0n) is 8.86. The maximum absolute atomic E-state index is 11.0. The minimum atomic E-state index is -0.577. The Morgan fingerprint density at radius 1 is 1.50 bits per heavy atom. The Balaban J connectivity index is 2.47. The molecule has 0 N–H and O–H groups in total. The molecule has 3 heteroatoms. The molecule has 0 heterocycles. The number of allylic oxidation sites excluding steroid dienone is 1. The van der Waals surface area contributed by atoms with Gasteiger partial charge in [-0.2, -0.15) is 0 Å². The Bertz CT molecular complexity index is 213. The van der Waals surface area contributed by atoms with E-state index >= 15 is 0 Å². The molecule has 1 aliphatic carbocycles. The molecule has 0 aromatic heterocycles. The van der Waals surface area contributed by atoms with Gasteiger partial charge < -0.3 is 9.47 Å². The predicted molar refractivity (Wildman–Crippen MR) is 54.0 cm³/mol. The van der Waals surface area contributed by atoms with E-state index in [9.17, 15) is 4.79 Å². The standard InChI is InChI=1S/C11H18O3/c1-4-9-6-5-8(2)10(7-9)14-11(12)13-3/h4,8-10H,1,5-7H2,2-3H3. The van der Waals surface area contributed by atoms with Crippen LogP contribution in [0.1, 0.15) is 26.2 Å². The van der Waals surface area contributed by atoms with E-state index in [0.29, 0.717) is 11.8 Å². The van der Waals surface area contributed by atoms with Crippen LogP contribution in [0, 0.1) is 11.8 Å². The van der Waals surface area contributed by atoms with Gasteiger partial charge in [0.2, 0.25) is 0 Å². The highest BCUT2D eigenvalue weighted by molar-refractivity contribution is 5.59. The Morgan fingerprint density at radius 2 is 2.21 bits per heavy atom. The molecule has 14 heavy (non-hydrogen) atoms. The van der Waals surface area contributed by atoms with Gasteiger partial charge in [0, 0.05) is 0 Å². The Labute approximate surface area is 85.1 Å².